The fourth-order valence-corrected chi connectivity index (χ4v) is 3.60. The molecule has 31 heavy (non-hydrogen) atoms. The maximum atomic E-state index is 12.6. The molecule has 0 bridgehead atoms. The van der Waals surface area contributed by atoms with Crippen LogP contribution in [0.4, 0.5) is 0 Å². The zero-order valence-corrected chi connectivity index (χ0v) is 17.7. The van der Waals surface area contributed by atoms with Crippen LogP contribution in [0, 0.1) is 22.7 Å². The highest BCUT2D eigenvalue weighted by atomic mass is 16.5. The first-order valence-electron chi connectivity index (χ1n) is 9.89. The number of ether oxygens (including phenoxy) is 4. The topological polar surface area (TPSA) is 102 Å². The number of nitrogens with one attached hydrogen (secondary N) is 1. The molecule has 7 heteroatoms. The summed E-state index contributed by atoms with van der Waals surface area (Å²) in [6.45, 7) is 4.12. The molecule has 0 saturated carbocycles. The highest BCUT2D eigenvalue weighted by Gasteiger charge is 2.43. The number of nitrogens with zero attached hydrogens (tertiary/aromatic N) is 1. The number of carbonyl (C=O) groups is 1. The lowest BCUT2D eigenvalue weighted by Gasteiger charge is -2.31. The Labute approximate surface area is 181 Å². The third kappa shape index (κ3) is 4.53. The molecular formula is C24H24N2O5. The molecule has 2 aromatic carbocycles. The molecule has 1 aliphatic heterocycles. The molecule has 0 saturated heterocycles. The van der Waals surface area contributed by atoms with Crippen LogP contribution in [0.1, 0.15) is 30.9 Å². The summed E-state index contributed by atoms with van der Waals surface area (Å²) in [6, 6.07) is 17.0. The Balaban J connectivity index is 2.15. The molecule has 0 radical (unpaired) electrons. The molecule has 0 aromatic heterocycles. The van der Waals surface area contributed by atoms with Crippen molar-refractivity contribution < 1.29 is 23.7 Å². The minimum Gasteiger partial charge on any atom is -0.490 e. The van der Waals surface area contributed by atoms with E-state index in [1.807, 2.05) is 37.3 Å². The fraction of sp³-hybridized carbons (Fsp3) is 0.292. The molecule has 0 amide bonds. The molecule has 1 heterocycles. The average molecular weight is 420 g/mol. The first kappa shape index (κ1) is 21.9. The Morgan fingerprint density at radius 2 is 1.90 bits per heavy atom. The quantitative estimate of drug-likeness (QED) is 0.669. The summed E-state index contributed by atoms with van der Waals surface area (Å²) in [6.07, 6.45) is 0. The van der Waals surface area contributed by atoms with E-state index < -0.39 is 17.8 Å². The number of rotatable bonds is 7. The molecule has 1 N–H and O–H groups in total. The molecular weight excluding hydrogens is 396 g/mol. The van der Waals surface area contributed by atoms with Crippen molar-refractivity contribution in [3.05, 3.63) is 71.0 Å². The summed E-state index contributed by atoms with van der Waals surface area (Å²) in [5.41, 5.74) is 1.70. The first-order valence-corrected chi connectivity index (χ1v) is 9.89. The molecule has 2 unspecified atom stereocenters. The van der Waals surface area contributed by atoms with Crippen LogP contribution in [0.2, 0.25) is 0 Å². The Hall–Kier alpha value is -3.79. The van der Waals surface area contributed by atoms with Crippen LogP contribution >= 0.6 is 0 Å². The number of para-hydroxylation sites is 1. The van der Waals surface area contributed by atoms with E-state index >= 15 is 0 Å². The lowest BCUT2D eigenvalue weighted by molar-refractivity contribution is -0.136. The van der Waals surface area contributed by atoms with Gasteiger partial charge < -0.3 is 18.9 Å². The lowest BCUT2D eigenvalue weighted by Crippen LogP contribution is -2.33. The summed E-state index contributed by atoms with van der Waals surface area (Å²) >= 11 is 0. The lowest BCUT2D eigenvalue weighted by atomic mass is 9.78. The first-order chi connectivity index (χ1) is 15.0. The number of hydrogen-bond acceptors (Lipinski definition) is 7. The van der Waals surface area contributed by atoms with E-state index in [0.29, 0.717) is 23.7 Å². The normalized spacial score (nSPS) is 18.1. The van der Waals surface area contributed by atoms with Crippen LogP contribution in [0.25, 0.3) is 0 Å². The number of hydrogen-bond donors (Lipinski definition) is 1. The Morgan fingerprint density at radius 1 is 1.16 bits per heavy atom. The summed E-state index contributed by atoms with van der Waals surface area (Å²) in [5, 5.41) is 18.0. The summed E-state index contributed by atoms with van der Waals surface area (Å²) < 4.78 is 22.3. The van der Waals surface area contributed by atoms with Crippen LogP contribution in [-0.2, 0) is 20.9 Å². The minimum absolute atomic E-state index is 0.184. The van der Waals surface area contributed by atoms with E-state index in [9.17, 15) is 10.1 Å². The predicted molar refractivity (Wildman–Crippen MR) is 114 cm³/mol. The van der Waals surface area contributed by atoms with Gasteiger partial charge in [0.05, 0.1) is 25.4 Å². The molecule has 0 aliphatic carbocycles. The average Bonchev–Trinajstić information content (AvgIpc) is 2.78. The summed E-state index contributed by atoms with van der Waals surface area (Å²) in [4.78, 5) is 12.6. The van der Waals surface area contributed by atoms with Crippen LogP contribution in [0.5, 0.6) is 11.5 Å². The second-order valence-corrected chi connectivity index (χ2v) is 6.89. The molecule has 2 aromatic rings. The van der Waals surface area contributed by atoms with E-state index in [0.717, 1.165) is 5.56 Å². The van der Waals surface area contributed by atoms with Gasteiger partial charge in [-0.1, -0.05) is 42.5 Å². The van der Waals surface area contributed by atoms with Crippen molar-refractivity contribution >= 4 is 11.9 Å². The van der Waals surface area contributed by atoms with E-state index in [2.05, 4.69) is 6.07 Å². The number of allylic oxidation sites excluding steroid dienone is 1. The van der Waals surface area contributed by atoms with Crippen LogP contribution in [-0.4, -0.2) is 25.6 Å². The van der Waals surface area contributed by atoms with Gasteiger partial charge in [0.25, 0.3) is 0 Å². The summed E-state index contributed by atoms with van der Waals surface area (Å²) in [7, 11) is 1.27. The van der Waals surface area contributed by atoms with Crippen molar-refractivity contribution in [1.82, 2.24) is 0 Å². The molecule has 0 spiro atoms. The van der Waals surface area contributed by atoms with Crippen molar-refractivity contribution in [1.29, 1.82) is 10.7 Å². The molecule has 1 aliphatic rings. The largest absolute Gasteiger partial charge is 0.490 e. The van der Waals surface area contributed by atoms with Gasteiger partial charge in [0.2, 0.25) is 5.90 Å². The molecule has 0 fully saturated rings. The third-order valence-electron chi connectivity index (χ3n) is 4.98. The maximum Gasteiger partial charge on any atom is 0.337 e. The third-order valence-corrected chi connectivity index (χ3v) is 4.98. The number of esters is 1. The smallest absolute Gasteiger partial charge is 0.337 e. The number of benzene rings is 2. The molecule has 3 rings (SSSR count). The van der Waals surface area contributed by atoms with Gasteiger partial charge in [-0.05, 0) is 25.5 Å². The zero-order chi connectivity index (χ0) is 22.4. The standard InChI is InChI=1S/C24H24N2O5/c1-4-29-19-12-8-11-17(22(19)30-14-16-9-6-5-7-10-16)21-18(13-25)23(26)31-15(2)20(21)24(27)28-3/h5-12,18,21,26H,4,14H2,1-3H3. The van der Waals surface area contributed by atoms with Gasteiger partial charge >= 0.3 is 5.97 Å². The molecule has 7 nitrogen and oxygen atoms in total. The summed E-state index contributed by atoms with van der Waals surface area (Å²) in [5.74, 6) is -1.53. The molecule has 160 valence electrons. The predicted octanol–water partition coefficient (Wildman–Crippen LogP) is 4.34. The van der Waals surface area contributed by atoms with Gasteiger partial charge in [-0.25, -0.2) is 4.79 Å². The van der Waals surface area contributed by atoms with Gasteiger partial charge in [0.15, 0.2) is 11.5 Å². The van der Waals surface area contributed by atoms with Gasteiger partial charge in [0, 0.05) is 11.5 Å². The number of nitriles is 1. The van der Waals surface area contributed by atoms with E-state index in [1.54, 1.807) is 25.1 Å². The fourth-order valence-electron chi connectivity index (χ4n) is 3.60. The van der Waals surface area contributed by atoms with Crippen molar-refractivity contribution in [3.63, 3.8) is 0 Å². The van der Waals surface area contributed by atoms with Gasteiger partial charge in [-0.3, -0.25) is 5.41 Å². The van der Waals surface area contributed by atoms with Gasteiger partial charge in [0.1, 0.15) is 18.3 Å². The zero-order valence-electron chi connectivity index (χ0n) is 17.7. The Kier molecular flexibility index (Phi) is 6.93. The maximum absolute atomic E-state index is 12.6. The highest BCUT2D eigenvalue weighted by molar-refractivity contribution is 5.96. The van der Waals surface area contributed by atoms with Gasteiger partial charge in [-0.2, -0.15) is 5.26 Å². The van der Waals surface area contributed by atoms with E-state index in [-0.39, 0.29) is 23.8 Å². The second kappa shape index (κ2) is 9.81. The van der Waals surface area contributed by atoms with E-state index in [4.69, 9.17) is 24.4 Å². The second-order valence-electron chi connectivity index (χ2n) is 6.89. The molecule has 2 atom stereocenters. The van der Waals surface area contributed by atoms with E-state index in [1.165, 1.54) is 7.11 Å². The Bertz CT molecular complexity index is 1040. The Morgan fingerprint density at radius 3 is 2.55 bits per heavy atom. The van der Waals surface area contributed by atoms with Crippen LogP contribution in [0.3, 0.4) is 0 Å². The van der Waals surface area contributed by atoms with Crippen molar-refractivity contribution in [2.24, 2.45) is 5.92 Å². The van der Waals surface area contributed by atoms with Crippen LogP contribution < -0.4 is 9.47 Å². The number of carbonyl (C=O) groups excluding carboxylic acids is 1. The number of methoxy groups -OCH3 is 1. The minimum atomic E-state index is -1.02. The van der Waals surface area contributed by atoms with Crippen molar-refractivity contribution in [2.75, 3.05) is 13.7 Å². The van der Waals surface area contributed by atoms with Crippen molar-refractivity contribution in [3.8, 4) is 17.6 Å². The SMILES string of the molecule is CCOc1cccc(C2C(C(=O)OC)=C(C)OC(=N)C2C#N)c1OCc1ccccc1. The van der Waals surface area contributed by atoms with Crippen molar-refractivity contribution in [2.45, 2.75) is 26.4 Å². The van der Waals surface area contributed by atoms with Crippen LogP contribution in [0.15, 0.2) is 59.9 Å². The monoisotopic (exact) mass is 420 g/mol. The highest BCUT2D eigenvalue weighted by Crippen LogP contribution is 2.46. The van der Waals surface area contributed by atoms with Gasteiger partial charge in [-0.15, -0.1) is 0 Å².